The third-order valence-corrected chi connectivity index (χ3v) is 6.23. The summed E-state index contributed by atoms with van der Waals surface area (Å²) in [5.41, 5.74) is 0. The summed E-state index contributed by atoms with van der Waals surface area (Å²) in [6.45, 7) is 4.18. The second kappa shape index (κ2) is 8.17. The Kier molecular flexibility index (Phi) is 9.04. The minimum absolute atomic E-state index is 0.206. The van der Waals surface area contributed by atoms with Gasteiger partial charge in [0.15, 0.2) is 0 Å². The van der Waals surface area contributed by atoms with Gasteiger partial charge in [-0.05, 0) is 18.3 Å². The molecular formula is C7H16ClPS. The average molecular weight is 199 g/mol. The Morgan fingerprint density at radius 3 is 2.50 bits per heavy atom. The van der Waals surface area contributed by atoms with Crippen LogP contribution >= 0.6 is 29.1 Å². The van der Waals surface area contributed by atoms with Crippen LogP contribution in [0.4, 0.5) is 0 Å². The van der Waals surface area contributed by atoms with Crippen LogP contribution in [0.5, 0.6) is 0 Å². The van der Waals surface area contributed by atoms with Gasteiger partial charge >= 0.3 is 0 Å². The van der Waals surface area contributed by atoms with Crippen molar-refractivity contribution in [3.05, 3.63) is 0 Å². The summed E-state index contributed by atoms with van der Waals surface area (Å²) < 4.78 is 0. The van der Waals surface area contributed by atoms with Crippen LogP contribution in [-0.4, -0.2) is 11.9 Å². The van der Waals surface area contributed by atoms with Gasteiger partial charge in [0.25, 0.3) is 0 Å². The van der Waals surface area contributed by atoms with E-state index < -0.39 is 0 Å². The van der Waals surface area contributed by atoms with E-state index in [2.05, 4.69) is 13.8 Å². The molecule has 0 aromatic carbocycles. The SMILES string of the molecule is CCCCCSP(Cl)CC. The Morgan fingerprint density at radius 2 is 2.00 bits per heavy atom. The van der Waals surface area contributed by atoms with Crippen molar-refractivity contribution in [2.24, 2.45) is 0 Å². The molecule has 0 bridgehead atoms. The highest BCUT2D eigenvalue weighted by molar-refractivity contribution is 8.62. The van der Waals surface area contributed by atoms with E-state index in [0.717, 1.165) is 6.16 Å². The van der Waals surface area contributed by atoms with Gasteiger partial charge in [-0.1, -0.05) is 37.9 Å². The van der Waals surface area contributed by atoms with Gasteiger partial charge in [-0.15, -0.1) is 11.4 Å². The van der Waals surface area contributed by atoms with Crippen molar-refractivity contribution in [2.45, 2.75) is 33.1 Å². The first-order chi connectivity index (χ1) is 4.81. The molecule has 0 saturated carbocycles. The second-order valence-electron chi connectivity index (χ2n) is 2.17. The Morgan fingerprint density at radius 1 is 1.30 bits per heavy atom. The van der Waals surface area contributed by atoms with E-state index in [9.17, 15) is 0 Å². The van der Waals surface area contributed by atoms with Crippen LogP contribution in [0.15, 0.2) is 0 Å². The Balaban J connectivity index is 2.89. The van der Waals surface area contributed by atoms with Crippen LogP contribution in [-0.2, 0) is 0 Å². The highest BCUT2D eigenvalue weighted by Gasteiger charge is 1.99. The average Bonchev–Trinajstić information content (AvgIpc) is 1.98. The molecule has 0 aromatic heterocycles. The van der Waals surface area contributed by atoms with E-state index in [1.807, 2.05) is 11.4 Å². The fourth-order valence-electron chi connectivity index (χ4n) is 0.607. The van der Waals surface area contributed by atoms with Crippen molar-refractivity contribution in [3.63, 3.8) is 0 Å². The standard InChI is InChI=1S/C7H16ClPS/c1-3-5-6-7-10-9(8)4-2/h3-7H2,1-2H3. The summed E-state index contributed by atoms with van der Waals surface area (Å²) >= 11 is 7.92. The largest absolute Gasteiger partial charge is 0.118 e. The number of rotatable bonds is 6. The highest BCUT2D eigenvalue weighted by atomic mass is 35.7. The van der Waals surface area contributed by atoms with Gasteiger partial charge in [0, 0.05) is 6.48 Å². The van der Waals surface area contributed by atoms with Crippen LogP contribution < -0.4 is 0 Å². The van der Waals surface area contributed by atoms with E-state index in [0.29, 0.717) is 0 Å². The zero-order valence-electron chi connectivity index (χ0n) is 6.77. The summed E-state index contributed by atoms with van der Waals surface area (Å²) in [7, 11) is 0. The maximum atomic E-state index is 5.97. The van der Waals surface area contributed by atoms with Crippen molar-refractivity contribution in [1.29, 1.82) is 0 Å². The number of unbranched alkanes of at least 4 members (excludes halogenated alkanes) is 2. The Hall–Kier alpha value is 1.07. The van der Waals surface area contributed by atoms with Gasteiger partial charge in [-0.25, -0.2) is 0 Å². The fourth-order valence-corrected chi connectivity index (χ4v) is 3.47. The lowest BCUT2D eigenvalue weighted by Gasteiger charge is -2.03. The zero-order valence-corrected chi connectivity index (χ0v) is 9.24. The Bertz CT molecular complexity index is 70.6. The number of hydrogen-bond acceptors (Lipinski definition) is 1. The van der Waals surface area contributed by atoms with E-state index in [1.54, 1.807) is 0 Å². The summed E-state index contributed by atoms with van der Waals surface area (Å²) in [6, 6.07) is 0. The topological polar surface area (TPSA) is 0 Å². The molecule has 0 saturated heterocycles. The molecular weight excluding hydrogens is 183 g/mol. The molecule has 10 heavy (non-hydrogen) atoms. The molecule has 3 heteroatoms. The number of hydrogen-bond donors (Lipinski definition) is 0. The van der Waals surface area contributed by atoms with Crippen LogP contribution in [0.1, 0.15) is 33.1 Å². The van der Waals surface area contributed by atoms with Gasteiger partial charge in [-0.2, -0.15) is 0 Å². The van der Waals surface area contributed by atoms with E-state index in [-0.39, 0.29) is 6.48 Å². The molecule has 0 spiro atoms. The van der Waals surface area contributed by atoms with Crippen LogP contribution in [0, 0.1) is 0 Å². The summed E-state index contributed by atoms with van der Waals surface area (Å²) in [5, 5.41) is 0. The minimum Gasteiger partial charge on any atom is -0.118 e. The highest BCUT2D eigenvalue weighted by Crippen LogP contribution is 2.54. The maximum Gasteiger partial charge on any atom is 0.0490 e. The first kappa shape index (κ1) is 11.1. The number of halogens is 1. The van der Waals surface area contributed by atoms with Gasteiger partial charge in [0.05, 0.1) is 0 Å². The van der Waals surface area contributed by atoms with Gasteiger partial charge in [0.2, 0.25) is 0 Å². The van der Waals surface area contributed by atoms with Gasteiger partial charge < -0.3 is 0 Å². The molecule has 0 heterocycles. The van der Waals surface area contributed by atoms with Gasteiger partial charge in [-0.3, -0.25) is 0 Å². The van der Waals surface area contributed by atoms with Crippen molar-refractivity contribution in [1.82, 2.24) is 0 Å². The van der Waals surface area contributed by atoms with Gasteiger partial charge in [0.1, 0.15) is 0 Å². The fraction of sp³-hybridized carbons (Fsp3) is 1.00. The van der Waals surface area contributed by atoms with Crippen molar-refractivity contribution in [3.8, 4) is 0 Å². The van der Waals surface area contributed by atoms with E-state index in [1.165, 1.54) is 25.0 Å². The molecule has 1 atom stereocenters. The first-order valence-corrected chi connectivity index (χ1v) is 7.89. The molecule has 0 aliphatic carbocycles. The molecule has 0 amide bonds. The quantitative estimate of drug-likeness (QED) is 0.448. The molecule has 1 unspecified atom stereocenters. The molecule has 0 nitrogen and oxygen atoms in total. The predicted molar refractivity (Wildman–Crippen MR) is 55.3 cm³/mol. The summed E-state index contributed by atoms with van der Waals surface area (Å²) in [6.07, 6.45) is 5.16. The van der Waals surface area contributed by atoms with Crippen LogP contribution in [0.3, 0.4) is 0 Å². The summed E-state index contributed by atoms with van der Waals surface area (Å²) in [5.74, 6) is 1.26. The second-order valence-corrected chi connectivity index (χ2v) is 8.03. The van der Waals surface area contributed by atoms with E-state index >= 15 is 0 Å². The lowest BCUT2D eigenvalue weighted by Crippen LogP contribution is -1.76. The molecule has 0 aliphatic heterocycles. The molecule has 62 valence electrons. The molecule has 0 N–H and O–H groups in total. The first-order valence-electron chi connectivity index (χ1n) is 3.87. The molecule has 0 aromatic rings. The minimum atomic E-state index is -0.206. The van der Waals surface area contributed by atoms with Crippen molar-refractivity contribution in [2.75, 3.05) is 11.9 Å². The van der Waals surface area contributed by atoms with Crippen molar-refractivity contribution >= 4 is 29.1 Å². The monoisotopic (exact) mass is 198 g/mol. The molecule has 0 fully saturated rings. The maximum absolute atomic E-state index is 5.97. The third kappa shape index (κ3) is 7.18. The molecule has 0 aliphatic rings. The van der Waals surface area contributed by atoms with Crippen LogP contribution in [0.25, 0.3) is 0 Å². The van der Waals surface area contributed by atoms with E-state index in [4.69, 9.17) is 11.2 Å². The van der Waals surface area contributed by atoms with Crippen molar-refractivity contribution < 1.29 is 0 Å². The Labute approximate surface area is 74.4 Å². The molecule has 0 radical (unpaired) electrons. The molecule has 0 rings (SSSR count). The smallest absolute Gasteiger partial charge is 0.0490 e. The predicted octanol–water partition coefficient (Wildman–Crippen LogP) is 4.48. The summed E-state index contributed by atoms with van der Waals surface area (Å²) in [4.78, 5) is 0. The van der Waals surface area contributed by atoms with Crippen LogP contribution in [0.2, 0.25) is 0 Å². The lowest BCUT2D eigenvalue weighted by atomic mass is 10.3. The normalized spacial score (nSPS) is 13.5. The lowest BCUT2D eigenvalue weighted by molar-refractivity contribution is 0.779. The zero-order chi connectivity index (χ0) is 7.82. The third-order valence-electron chi connectivity index (χ3n) is 1.23.